The van der Waals surface area contributed by atoms with Crippen LogP contribution in [0.15, 0.2) is 23.8 Å². The molecule has 0 fully saturated rings. The van der Waals surface area contributed by atoms with Crippen molar-refractivity contribution in [3.05, 3.63) is 23.8 Å². The van der Waals surface area contributed by atoms with Gasteiger partial charge in [-0.1, -0.05) is 39.0 Å². The molecule has 1 heteroatoms. The van der Waals surface area contributed by atoms with E-state index in [4.69, 9.17) is 0 Å². The third-order valence-corrected chi connectivity index (χ3v) is 4.61. The fourth-order valence-corrected chi connectivity index (χ4v) is 3.43. The Morgan fingerprint density at radius 3 is 2.62 bits per heavy atom. The summed E-state index contributed by atoms with van der Waals surface area (Å²) in [5.74, 6) is 2.08. The van der Waals surface area contributed by atoms with Gasteiger partial charge in [0, 0.05) is 6.42 Å². The molecule has 88 valence electrons. The van der Waals surface area contributed by atoms with Gasteiger partial charge >= 0.3 is 0 Å². The third-order valence-electron chi connectivity index (χ3n) is 4.61. The second-order valence-corrected chi connectivity index (χ2v) is 5.87. The van der Waals surface area contributed by atoms with Crippen LogP contribution < -0.4 is 0 Å². The van der Waals surface area contributed by atoms with Crippen LogP contribution in [-0.2, 0) is 4.79 Å². The Hall–Kier alpha value is -0.850. The number of allylic oxidation sites excluding steroid dienone is 4. The zero-order chi connectivity index (χ0) is 11.9. The maximum atomic E-state index is 12.0. The molecule has 0 aliphatic heterocycles. The molecule has 0 amide bonds. The lowest BCUT2D eigenvalue weighted by Gasteiger charge is -2.42. The molecule has 0 aromatic carbocycles. The van der Waals surface area contributed by atoms with Crippen LogP contribution in [0.1, 0.15) is 40.5 Å². The molecule has 0 radical (unpaired) electrons. The molecule has 2 aliphatic carbocycles. The molecule has 0 saturated heterocycles. The van der Waals surface area contributed by atoms with E-state index < -0.39 is 0 Å². The molecule has 3 atom stereocenters. The summed E-state index contributed by atoms with van der Waals surface area (Å²) in [7, 11) is 0. The molecule has 0 aromatic heterocycles. The predicted octanol–water partition coefficient (Wildman–Crippen LogP) is 3.76. The third kappa shape index (κ3) is 1.57. The van der Waals surface area contributed by atoms with E-state index in [1.54, 1.807) is 0 Å². The maximum absolute atomic E-state index is 12.0. The Balaban J connectivity index is 2.34. The Bertz CT molecular complexity index is 362. The van der Waals surface area contributed by atoms with Gasteiger partial charge in [0.25, 0.3) is 0 Å². The van der Waals surface area contributed by atoms with Crippen molar-refractivity contribution < 1.29 is 4.79 Å². The van der Waals surface area contributed by atoms with E-state index in [1.807, 2.05) is 6.92 Å². The highest BCUT2D eigenvalue weighted by molar-refractivity contribution is 5.96. The van der Waals surface area contributed by atoms with E-state index in [9.17, 15) is 4.79 Å². The first kappa shape index (κ1) is 11.6. The zero-order valence-electron chi connectivity index (χ0n) is 10.8. The standard InChI is InChI=1S/C15H22O/c1-10(2)13-6-5-12(4)15(13)8-7-11(3)14(16)9-15/h5-7,10,12-13H,8-9H2,1-4H3/t12-,13-,15-/m0/s1. The topological polar surface area (TPSA) is 17.1 Å². The van der Waals surface area contributed by atoms with E-state index in [0.29, 0.717) is 23.5 Å². The van der Waals surface area contributed by atoms with Crippen LogP contribution in [0, 0.1) is 23.2 Å². The van der Waals surface area contributed by atoms with E-state index in [1.165, 1.54) is 0 Å². The van der Waals surface area contributed by atoms with Gasteiger partial charge in [-0.3, -0.25) is 4.79 Å². The summed E-state index contributed by atoms with van der Waals surface area (Å²) < 4.78 is 0. The van der Waals surface area contributed by atoms with Crippen LogP contribution in [0.25, 0.3) is 0 Å². The van der Waals surface area contributed by atoms with Crippen molar-refractivity contribution in [2.75, 3.05) is 0 Å². The first-order chi connectivity index (χ1) is 7.47. The Labute approximate surface area is 98.6 Å². The molecule has 2 rings (SSSR count). The van der Waals surface area contributed by atoms with Gasteiger partial charge in [-0.05, 0) is 42.1 Å². The summed E-state index contributed by atoms with van der Waals surface area (Å²) in [6.07, 6.45) is 8.63. The summed E-state index contributed by atoms with van der Waals surface area (Å²) in [6.45, 7) is 8.75. The molecular weight excluding hydrogens is 196 g/mol. The summed E-state index contributed by atoms with van der Waals surface area (Å²) in [5.41, 5.74) is 1.15. The lowest BCUT2D eigenvalue weighted by Crippen LogP contribution is -2.38. The van der Waals surface area contributed by atoms with Gasteiger partial charge in [-0.15, -0.1) is 0 Å². The van der Waals surface area contributed by atoms with Crippen molar-refractivity contribution in [2.45, 2.75) is 40.5 Å². The molecular formula is C15H22O. The molecule has 1 spiro atoms. The van der Waals surface area contributed by atoms with Gasteiger partial charge in [0.05, 0.1) is 0 Å². The lowest BCUT2D eigenvalue weighted by atomic mass is 9.61. The monoisotopic (exact) mass is 218 g/mol. The van der Waals surface area contributed by atoms with Crippen molar-refractivity contribution in [1.29, 1.82) is 0 Å². The van der Waals surface area contributed by atoms with Crippen LogP contribution in [-0.4, -0.2) is 5.78 Å². The van der Waals surface area contributed by atoms with Gasteiger partial charge in [0.2, 0.25) is 0 Å². The van der Waals surface area contributed by atoms with Crippen molar-refractivity contribution in [3.63, 3.8) is 0 Å². The Kier molecular flexibility index (Phi) is 2.81. The summed E-state index contributed by atoms with van der Waals surface area (Å²) in [4.78, 5) is 12.0. The van der Waals surface area contributed by atoms with E-state index in [2.05, 4.69) is 39.0 Å². The summed E-state index contributed by atoms with van der Waals surface area (Å²) in [6, 6.07) is 0. The highest BCUT2D eigenvalue weighted by Gasteiger charge is 2.47. The van der Waals surface area contributed by atoms with Crippen LogP contribution >= 0.6 is 0 Å². The minimum Gasteiger partial charge on any atom is -0.295 e. The maximum Gasteiger partial charge on any atom is 0.158 e. The Morgan fingerprint density at radius 1 is 1.38 bits per heavy atom. The smallest absolute Gasteiger partial charge is 0.158 e. The van der Waals surface area contributed by atoms with Gasteiger partial charge < -0.3 is 0 Å². The highest BCUT2D eigenvalue weighted by atomic mass is 16.1. The second kappa shape index (κ2) is 3.87. The van der Waals surface area contributed by atoms with Crippen LogP contribution in [0.4, 0.5) is 0 Å². The van der Waals surface area contributed by atoms with Crippen molar-refractivity contribution in [1.82, 2.24) is 0 Å². The molecule has 0 saturated carbocycles. The zero-order valence-corrected chi connectivity index (χ0v) is 10.8. The minimum absolute atomic E-state index is 0.185. The summed E-state index contributed by atoms with van der Waals surface area (Å²) >= 11 is 0. The largest absolute Gasteiger partial charge is 0.295 e. The van der Waals surface area contributed by atoms with Crippen molar-refractivity contribution in [3.8, 4) is 0 Å². The molecule has 16 heavy (non-hydrogen) atoms. The number of carbonyl (C=O) groups is 1. The number of Topliss-reactive ketones (excluding diaryl/α,β-unsaturated/α-hetero) is 1. The molecule has 2 aliphatic rings. The first-order valence-electron chi connectivity index (χ1n) is 6.35. The van der Waals surface area contributed by atoms with Crippen molar-refractivity contribution >= 4 is 5.78 Å². The number of rotatable bonds is 1. The molecule has 1 nitrogen and oxygen atoms in total. The average Bonchev–Trinajstić information content (AvgIpc) is 2.51. The molecule has 0 bridgehead atoms. The molecule has 0 N–H and O–H groups in total. The van der Waals surface area contributed by atoms with Crippen LogP contribution in [0.3, 0.4) is 0 Å². The van der Waals surface area contributed by atoms with Crippen LogP contribution in [0.2, 0.25) is 0 Å². The highest BCUT2D eigenvalue weighted by Crippen LogP contribution is 2.53. The van der Waals surface area contributed by atoms with E-state index in [0.717, 1.165) is 18.4 Å². The molecule has 0 aromatic rings. The lowest BCUT2D eigenvalue weighted by molar-refractivity contribution is -0.120. The van der Waals surface area contributed by atoms with Gasteiger partial charge in [-0.2, -0.15) is 0 Å². The quantitative estimate of drug-likeness (QED) is 0.612. The van der Waals surface area contributed by atoms with E-state index >= 15 is 0 Å². The van der Waals surface area contributed by atoms with Gasteiger partial charge in [0.15, 0.2) is 5.78 Å². The molecule has 0 heterocycles. The number of ketones is 1. The number of hydrogen-bond acceptors (Lipinski definition) is 1. The SMILES string of the molecule is CC1=CC[C@]2(CC1=O)[C@@H](C)C=C[C@H]2C(C)C. The Morgan fingerprint density at radius 2 is 2.06 bits per heavy atom. The number of hydrogen-bond donors (Lipinski definition) is 0. The predicted molar refractivity (Wildman–Crippen MR) is 67.1 cm³/mol. The van der Waals surface area contributed by atoms with E-state index in [-0.39, 0.29) is 5.41 Å². The first-order valence-corrected chi connectivity index (χ1v) is 6.35. The van der Waals surface area contributed by atoms with Gasteiger partial charge in [0.1, 0.15) is 0 Å². The van der Waals surface area contributed by atoms with Crippen LogP contribution in [0.5, 0.6) is 0 Å². The second-order valence-electron chi connectivity index (χ2n) is 5.87. The molecule has 0 unspecified atom stereocenters. The number of carbonyl (C=O) groups excluding carboxylic acids is 1. The van der Waals surface area contributed by atoms with Crippen molar-refractivity contribution in [2.24, 2.45) is 23.2 Å². The van der Waals surface area contributed by atoms with Gasteiger partial charge in [-0.25, -0.2) is 0 Å². The normalized spacial score (nSPS) is 38.6. The minimum atomic E-state index is 0.185. The fourth-order valence-electron chi connectivity index (χ4n) is 3.43. The summed E-state index contributed by atoms with van der Waals surface area (Å²) in [5, 5.41) is 0. The fraction of sp³-hybridized carbons (Fsp3) is 0.667. The average molecular weight is 218 g/mol.